The summed E-state index contributed by atoms with van der Waals surface area (Å²) in [6.45, 7) is 9.77. The summed E-state index contributed by atoms with van der Waals surface area (Å²) in [4.78, 5) is 35.1. The quantitative estimate of drug-likeness (QED) is 0.497. The molecule has 9 nitrogen and oxygen atoms in total. The van der Waals surface area contributed by atoms with E-state index in [2.05, 4.69) is 63.6 Å². The van der Waals surface area contributed by atoms with Crippen molar-refractivity contribution in [2.24, 2.45) is 0 Å². The lowest BCUT2D eigenvalue weighted by atomic mass is 9.88. The zero-order valence-electron chi connectivity index (χ0n) is 25.5. The fourth-order valence-corrected chi connectivity index (χ4v) is 8.53. The standard InChI is InChI=1S/C34H44N8O/c1-3-31(43)42-21-20-39(23-27(42)13-16-35)32-28-12-11-26(41-18-6-9-25-8-4-5-10-30(25)41)22-29(28)36-33(37-32)40-19-15-34(24-40)14-7-17-38(34)2/h3-5,8,10,26-27H,1,6-7,9,11-15,17-24H2,2H3/t26-,27+,34?/m1/s1. The highest BCUT2D eigenvalue weighted by Crippen LogP contribution is 2.40. The Bertz CT molecular complexity index is 1440. The van der Waals surface area contributed by atoms with Crippen LogP contribution in [0.15, 0.2) is 36.9 Å². The molecule has 1 unspecified atom stereocenters. The third-order valence-corrected chi connectivity index (χ3v) is 10.9. The van der Waals surface area contributed by atoms with Crippen LogP contribution < -0.4 is 14.7 Å². The van der Waals surface area contributed by atoms with Gasteiger partial charge in [0.05, 0.1) is 24.2 Å². The van der Waals surface area contributed by atoms with Crippen LogP contribution in [0.4, 0.5) is 17.5 Å². The van der Waals surface area contributed by atoms with Crippen molar-refractivity contribution in [3.63, 3.8) is 0 Å². The molecule has 3 fully saturated rings. The molecule has 1 amide bonds. The number of nitriles is 1. The number of aryl methyl sites for hydroxylation is 1. The van der Waals surface area contributed by atoms with Gasteiger partial charge in [-0.3, -0.25) is 9.69 Å². The Morgan fingerprint density at radius 2 is 1.98 bits per heavy atom. The number of likely N-dealkylation sites (tertiary alicyclic amines) is 1. The van der Waals surface area contributed by atoms with Gasteiger partial charge in [0, 0.05) is 68.5 Å². The number of carbonyl (C=O) groups is 1. The number of hydrogen-bond donors (Lipinski definition) is 0. The highest BCUT2D eigenvalue weighted by molar-refractivity contribution is 5.87. The number of para-hydroxylation sites is 1. The Labute approximate surface area is 255 Å². The number of piperazine rings is 1. The first kappa shape index (κ1) is 28.1. The normalized spacial score (nSPS) is 27.3. The number of nitrogens with zero attached hydrogens (tertiary/aromatic N) is 8. The van der Waals surface area contributed by atoms with Crippen LogP contribution in [-0.4, -0.2) is 96.2 Å². The summed E-state index contributed by atoms with van der Waals surface area (Å²) in [6, 6.07) is 11.5. The first-order valence-corrected chi connectivity index (χ1v) is 16.2. The first-order valence-electron chi connectivity index (χ1n) is 16.2. The smallest absolute Gasteiger partial charge is 0.246 e. The summed E-state index contributed by atoms with van der Waals surface area (Å²) in [7, 11) is 2.27. The van der Waals surface area contributed by atoms with Crippen molar-refractivity contribution in [1.82, 2.24) is 19.8 Å². The molecule has 5 heterocycles. The van der Waals surface area contributed by atoms with Gasteiger partial charge in [-0.05, 0) is 76.2 Å². The molecule has 3 atom stereocenters. The first-order chi connectivity index (χ1) is 21.0. The maximum absolute atomic E-state index is 12.6. The summed E-state index contributed by atoms with van der Waals surface area (Å²) in [6.07, 6.45) is 10.6. The average Bonchev–Trinajstić information content (AvgIpc) is 3.65. The Hall–Kier alpha value is -3.64. The second-order valence-electron chi connectivity index (χ2n) is 13.2. The van der Waals surface area contributed by atoms with E-state index in [1.165, 1.54) is 47.8 Å². The zero-order valence-corrected chi connectivity index (χ0v) is 25.5. The van der Waals surface area contributed by atoms with Crippen LogP contribution in [0.25, 0.3) is 0 Å². The molecule has 2 aromatic rings. The highest BCUT2D eigenvalue weighted by Gasteiger charge is 2.45. The lowest BCUT2D eigenvalue weighted by molar-refractivity contribution is -0.128. The van der Waals surface area contributed by atoms with E-state index in [-0.39, 0.29) is 17.5 Å². The number of likely N-dealkylation sites (N-methyl/N-ethyl adjacent to an activating group) is 1. The Morgan fingerprint density at radius 3 is 2.79 bits per heavy atom. The van der Waals surface area contributed by atoms with Crippen LogP contribution in [0.5, 0.6) is 0 Å². The van der Waals surface area contributed by atoms with E-state index in [1.807, 2.05) is 4.90 Å². The molecule has 43 heavy (non-hydrogen) atoms. The van der Waals surface area contributed by atoms with Gasteiger partial charge in [0.25, 0.3) is 0 Å². The molecule has 5 aliphatic rings. The van der Waals surface area contributed by atoms with Crippen molar-refractivity contribution < 1.29 is 4.79 Å². The molecular formula is C34H44N8O. The molecule has 1 aromatic heterocycles. The molecule has 9 heteroatoms. The molecule has 0 N–H and O–H groups in total. The number of carbonyl (C=O) groups excluding carboxylic acids is 1. The number of anilines is 3. The van der Waals surface area contributed by atoms with Crippen molar-refractivity contribution in [1.29, 1.82) is 5.26 Å². The topological polar surface area (TPSA) is 82.8 Å². The Balaban J connectivity index is 1.23. The molecule has 226 valence electrons. The fraction of sp³-hybridized carbons (Fsp3) is 0.588. The number of aromatic nitrogens is 2. The largest absolute Gasteiger partial charge is 0.368 e. The highest BCUT2D eigenvalue weighted by atomic mass is 16.2. The van der Waals surface area contributed by atoms with E-state index >= 15 is 0 Å². The van der Waals surface area contributed by atoms with Gasteiger partial charge in [-0.2, -0.15) is 10.2 Å². The third kappa shape index (κ3) is 5.04. The van der Waals surface area contributed by atoms with Crippen molar-refractivity contribution in [3.8, 4) is 6.07 Å². The van der Waals surface area contributed by atoms with E-state index < -0.39 is 0 Å². The van der Waals surface area contributed by atoms with Gasteiger partial charge in [0.2, 0.25) is 11.9 Å². The van der Waals surface area contributed by atoms with Crippen LogP contribution in [0.3, 0.4) is 0 Å². The minimum atomic E-state index is -0.179. The van der Waals surface area contributed by atoms with E-state index in [4.69, 9.17) is 9.97 Å². The minimum absolute atomic E-state index is 0.0991. The van der Waals surface area contributed by atoms with Crippen LogP contribution in [0.2, 0.25) is 0 Å². The van der Waals surface area contributed by atoms with E-state index in [0.29, 0.717) is 32.1 Å². The van der Waals surface area contributed by atoms with Crippen LogP contribution in [0.1, 0.15) is 55.3 Å². The minimum Gasteiger partial charge on any atom is -0.368 e. The van der Waals surface area contributed by atoms with E-state index in [9.17, 15) is 10.1 Å². The summed E-state index contributed by atoms with van der Waals surface area (Å²) in [5.74, 6) is 1.77. The number of amides is 1. The predicted octanol–water partition coefficient (Wildman–Crippen LogP) is 3.58. The van der Waals surface area contributed by atoms with Crippen LogP contribution in [-0.2, 0) is 24.1 Å². The lowest BCUT2D eigenvalue weighted by Crippen LogP contribution is -2.55. The average molecular weight is 581 g/mol. The Kier molecular flexibility index (Phi) is 7.50. The maximum Gasteiger partial charge on any atom is 0.246 e. The summed E-state index contributed by atoms with van der Waals surface area (Å²) in [5.41, 5.74) is 5.53. The molecule has 1 spiro atoms. The number of fused-ring (bicyclic) bond motifs is 2. The number of benzene rings is 1. The molecule has 1 aliphatic carbocycles. The summed E-state index contributed by atoms with van der Waals surface area (Å²) in [5, 5.41) is 9.60. The molecule has 0 saturated carbocycles. The Morgan fingerprint density at radius 1 is 1.09 bits per heavy atom. The fourth-order valence-electron chi connectivity index (χ4n) is 8.53. The van der Waals surface area contributed by atoms with E-state index in [1.54, 1.807) is 0 Å². The molecule has 0 radical (unpaired) electrons. The molecule has 1 aromatic carbocycles. The monoisotopic (exact) mass is 580 g/mol. The molecule has 3 saturated heterocycles. The van der Waals surface area contributed by atoms with Gasteiger partial charge >= 0.3 is 0 Å². The van der Waals surface area contributed by atoms with Crippen molar-refractivity contribution in [3.05, 3.63) is 53.7 Å². The molecule has 7 rings (SSSR count). The van der Waals surface area contributed by atoms with Gasteiger partial charge in [0.15, 0.2) is 0 Å². The maximum atomic E-state index is 12.6. The molecule has 0 bridgehead atoms. The van der Waals surface area contributed by atoms with E-state index in [0.717, 1.165) is 70.0 Å². The summed E-state index contributed by atoms with van der Waals surface area (Å²) < 4.78 is 0. The second kappa shape index (κ2) is 11.5. The van der Waals surface area contributed by atoms with Gasteiger partial charge in [-0.25, -0.2) is 4.98 Å². The SMILES string of the molecule is C=CC(=O)N1CCN(c2nc(N3CCC4(CCCN4C)C3)nc3c2CC[C@@H](N2CCCc4ccccc42)C3)C[C@@H]1CC#N. The third-order valence-electron chi connectivity index (χ3n) is 10.9. The zero-order chi connectivity index (χ0) is 29.6. The van der Waals surface area contributed by atoms with Crippen molar-refractivity contribution in [2.75, 3.05) is 67.6 Å². The van der Waals surface area contributed by atoms with Crippen molar-refractivity contribution in [2.45, 2.75) is 75.4 Å². The number of hydrogen-bond acceptors (Lipinski definition) is 8. The van der Waals surface area contributed by atoms with Gasteiger partial charge in [0.1, 0.15) is 5.82 Å². The number of rotatable bonds is 5. The summed E-state index contributed by atoms with van der Waals surface area (Å²) >= 11 is 0. The van der Waals surface area contributed by atoms with Crippen LogP contribution in [0, 0.1) is 11.3 Å². The lowest BCUT2D eigenvalue weighted by Gasteiger charge is -2.43. The van der Waals surface area contributed by atoms with Crippen LogP contribution >= 0.6 is 0 Å². The molecule has 4 aliphatic heterocycles. The van der Waals surface area contributed by atoms with Gasteiger partial charge < -0.3 is 19.6 Å². The van der Waals surface area contributed by atoms with Gasteiger partial charge in [-0.15, -0.1) is 0 Å². The van der Waals surface area contributed by atoms with Gasteiger partial charge in [-0.1, -0.05) is 24.8 Å². The van der Waals surface area contributed by atoms with Crippen molar-refractivity contribution >= 4 is 23.4 Å². The second-order valence-corrected chi connectivity index (χ2v) is 13.2. The molecular weight excluding hydrogens is 536 g/mol. The predicted molar refractivity (Wildman–Crippen MR) is 170 cm³/mol.